The maximum Gasteiger partial charge on any atom is 0.175 e. The maximum absolute atomic E-state index is 11.3. The highest BCUT2D eigenvalue weighted by Crippen LogP contribution is 2.19. The summed E-state index contributed by atoms with van der Waals surface area (Å²) in [4.78, 5) is 0.324. The van der Waals surface area contributed by atoms with E-state index in [2.05, 4.69) is 0 Å². The summed E-state index contributed by atoms with van der Waals surface area (Å²) in [5.74, 6) is 0. The summed E-state index contributed by atoms with van der Waals surface area (Å²) in [7, 11) is -3.16. The average Bonchev–Trinajstić information content (AvgIpc) is 2.03. The lowest BCUT2D eigenvalue weighted by molar-refractivity contribution is 0.599. The summed E-state index contributed by atoms with van der Waals surface area (Å²) >= 11 is 0. The molecule has 0 aliphatic heterocycles. The molecule has 0 aliphatic carbocycles. The van der Waals surface area contributed by atoms with E-state index in [0.29, 0.717) is 10.5 Å². The number of hydrogen-bond acceptors (Lipinski definition) is 3. The minimum Gasteiger partial charge on any atom is -0.324 e. The van der Waals surface area contributed by atoms with E-state index in [0.717, 1.165) is 0 Å². The predicted octanol–water partition coefficient (Wildman–Crippen LogP) is 1.11. The molecule has 1 rings (SSSR count). The number of rotatable bonds is 2. The second-order valence-corrected chi connectivity index (χ2v) is 5.08. The van der Waals surface area contributed by atoms with Gasteiger partial charge in [0.15, 0.2) is 9.84 Å². The molecule has 1 aromatic carbocycles. The SMILES string of the molecule is CC(N)c1ccccc1S(C)(=O)=O. The van der Waals surface area contributed by atoms with E-state index >= 15 is 0 Å². The predicted molar refractivity (Wildman–Crippen MR) is 52.2 cm³/mol. The molecule has 0 radical (unpaired) electrons. The fourth-order valence-corrected chi connectivity index (χ4v) is 2.20. The van der Waals surface area contributed by atoms with Gasteiger partial charge in [-0.2, -0.15) is 0 Å². The second-order valence-electron chi connectivity index (χ2n) is 3.10. The Morgan fingerprint density at radius 1 is 1.31 bits per heavy atom. The Morgan fingerprint density at radius 2 is 1.85 bits per heavy atom. The molecule has 4 heteroatoms. The van der Waals surface area contributed by atoms with Crippen molar-refractivity contribution in [2.45, 2.75) is 17.9 Å². The molecule has 0 fully saturated rings. The highest BCUT2D eigenvalue weighted by molar-refractivity contribution is 7.90. The third kappa shape index (κ3) is 2.29. The summed E-state index contributed by atoms with van der Waals surface area (Å²) in [6, 6.07) is 6.54. The zero-order valence-electron chi connectivity index (χ0n) is 7.69. The number of nitrogens with two attached hydrogens (primary N) is 1. The van der Waals surface area contributed by atoms with Crippen molar-refractivity contribution >= 4 is 9.84 Å². The number of benzene rings is 1. The van der Waals surface area contributed by atoms with Gasteiger partial charge in [-0.15, -0.1) is 0 Å². The van der Waals surface area contributed by atoms with Crippen LogP contribution in [0.25, 0.3) is 0 Å². The molecule has 1 atom stereocenters. The Bertz CT molecular complexity index is 396. The van der Waals surface area contributed by atoms with Crippen LogP contribution in [0.3, 0.4) is 0 Å². The van der Waals surface area contributed by atoms with Crippen molar-refractivity contribution < 1.29 is 8.42 Å². The van der Waals surface area contributed by atoms with Crippen LogP contribution < -0.4 is 5.73 Å². The molecule has 0 aromatic heterocycles. The summed E-state index contributed by atoms with van der Waals surface area (Å²) in [5.41, 5.74) is 6.32. The van der Waals surface area contributed by atoms with E-state index in [-0.39, 0.29) is 6.04 Å². The molecule has 0 heterocycles. The fourth-order valence-electron chi connectivity index (χ4n) is 1.19. The molecular weight excluding hydrogens is 186 g/mol. The van der Waals surface area contributed by atoms with Gasteiger partial charge in [0.2, 0.25) is 0 Å². The quantitative estimate of drug-likeness (QED) is 0.776. The van der Waals surface area contributed by atoms with Crippen molar-refractivity contribution in [3.63, 3.8) is 0 Å². The highest BCUT2D eigenvalue weighted by Gasteiger charge is 2.14. The van der Waals surface area contributed by atoms with Crippen LogP contribution in [-0.4, -0.2) is 14.7 Å². The standard InChI is InChI=1S/C9H13NO2S/c1-7(10)8-5-3-4-6-9(8)13(2,11)12/h3-7H,10H2,1-2H3. The minimum atomic E-state index is -3.16. The van der Waals surface area contributed by atoms with Crippen molar-refractivity contribution in [1.29, 1.82) is 0 Å². The molecule has 1 aromatic rings. The molecule has 0 bridgehead atoms. The first-order chi connectivity index (χ1) is 5.93. The molecule has 3 nitrogen and oxygen atoms in total. The van der Waals surface area contributed by atoms with Gasteiger partial charge < -0.3 is 5.73 Å². The molecule has 0 saturated heterocycles. The molecule has 0 spiro atoms. The van der Waals surface area contributed by atoms with Crippen molar-refractivity contribution in [1.82, 2.24) is 0 Å². The molecule has 0 amide bonds. The average molecular weight is 199 g/mol. The molecule has 1 unspecified atom stereocenters. The number of sulfone groups is 1. The zero-order chi connectivity index (χ0) is 10.1. The van der Waals surface area contributed by atoms with Gasteiger partial charge >= 0.3 is 0 Å². The lowest BCUT2D eigenvalue weighted by atomic mass is 10.1. The van der Waals surface area contributed by atoms with Crippen LogP contribution in [0.4, 0.5) is 0 Å². The molecule has 72 valence electrons. The van der Waals surface area contributed by atoms with Crippen LogP contribution in [0.15, 0.2) is 29.2 Å². The third-order valence-corrected chi connectivity index (χ3v) is 2.98. The summed E-state index contributed by atoms with van der Waals surface area (Å²) in [6.45, 7) is 1.77. The Balaban J connectivity index is 3.37. The number of hydrogen-bond donors (Lipinski definition) is 1. The first kappa shape index (κ1) is 10.2. The van der Waals surface area contributed by atoms with Gasteiger partial charge in [-0.1, -0.05) is 18.2 Å². The summed E-state index contributed by atoms with van der Waals surface area (Å²) in [5, 5.41) is 0. The van der Waals surface area contributed by atoms with E-state index in [1.807, 2.05) is 0 Å². The third-order valence-electron chi connectivity index (χ3n) is 1.81. The topological polar surface area (TPSA) is 60.2 Å². The molecule has 13 heavy (non-hydrogen) atoms. The van der Waals surface area contributed by atoms with Crippen molar-refractivity contribution in [2.75, 3.05) is 6.26 Å². The molecule has 2 N–H and O–H groups in total. The summed E-state index contributed by atoms with van der Waals surface area (Å²) < 4.78 is 22.6. The normalized spacial score (nSPS) is 14.1. The van der Waals surface area contributed by atoms with Crippen LogP contribution in [0.2, 0.25) is 0 Å². The van der Waals surface area contributed by atoms with E-state index in [1.165, 1.54) is 6.26 Å². The van der Waals surface area contributed by atoms with Crippen LogP contribution in [0, 0.1) is 0 Å². The van der Waals surface area contributed by atoms with Gasteiger partial charge in [-0.05, 0) is 18.6 Å². The first-order valence-corrected chi connectivity index (χ1v) is 5.86. The van der Waals surface area contributed by atoms with E-state index in [1.54, 1.807) is 31.2 Å². The van der Waals surface area contributed by atoms with Gasteiger partial charge in [-0.3, -0.25) is 0 Å². The first-order valence-electron chi connectivity index (χ1n) is 3.97. The Labute approximate surface area is 78.5 Å². The monoisotopic (exact) mass is 199 g/mol. The van der Waals surface area contributed by atoms with E-state index < -0.39 is 9.84 Å². The van der Waals surface area contributed by atoms with Crippen molar-refractivity contribution in [2.24, 2.45) is 5.73 Å². The van der Waals surface area contributed by atoms with Crippen LogP contribution in [0.1, 0.15) is 18.5 Å². The largest absolute Gasteiger partial charge is 0.324 e. The molecule has 0 saturated carbocycles. The molecule has 0 aliphatic rings. The van der Waals surface area contributed by atoms with Crippen LogP contribution >= 0.6 is 0 Å². The molecular formula is C9H13NO2S. The Morgan fingerprint density at radius 3 is 2.23 bits per heavy atom. The second kappa shape index (κ2) is 3.47. The maximum atomic E-state index is 11.3. The van der Waals surface area contributed by atoms with Crippen LogP contribution in [-0.2, 0) is 9.84 Å². The lowest BCUT2D eigenvalue weighted by Gasteiger charge is -2.10. The van der Waals surface area contributed by atoms with Crippen molar-refractivity contribution in [3.8, 4) is 0 Å². The van der Waals surface area contributed by atoms with E-state index in [4.69, 9.17) is 5.73 Å². The van der Waals surface area contributed by atoms with Gasteiger partial charge in [0, 0.05) is 12.3 Å². The van der Waals surface area contributed by atoms with Crippen LogP contribution in [0.5, 0.6) is 0 Å². The van der Waals surface area contributed by atoms with E-state index in [9.17, 15) is 8.42 Å². The smallest absolute Gasteiger partial charge is 0.175 e. The Hall–Kier alpha value is -0.870. The van der Waals surface area contributed by atoms with Gasteiger partial charge in [0.25, 0.3) is 0 Å². The Kier molecular flexibility index (Phi) is 2.73. The van der Waals surface area contributed by atoms with Crippen molar-refractivity contribution in [3.05, 3.63) is 29.8 Å². The van der Waals surface area contributed by atoms with Gasteiger partial charge in [0.05, 0.1) is 4.90 Å². The zero-order valence-corrected chi connectivity index (χ0v) is 8.51. The van der Waals surface area contributed by atoms with Gasteiger partial charge in [-0.25, -0.2) is 8.42 Å². The minimum absolute atomic E-state index is 0.258. The lowest BCUT2D eigenvalue weighted by Crippen LogP contribution is -2.10. The fraction of sp³-hybridized carbons (Fsp3) is 0.333. The highest BCUT2D eigenvalue weighted by atomic mass is 32.2. The summed E-state index contributed by atoms with van der Waals surface area (Å²) in [6.07, 6.45) is 1.19. The van der Waals surface area contributed by atoms with Gasteiger partial charge in [0.1, 0.15) is 0 Å².